The van der Waals surface area contributed by atoms with E-state index in [9.17, 15) is 39.0 Å². The molecule has 0 aliphatic heterocycles. The molecule has 0 spiro atoms. The Balaban J connectivity index is 0.000000215. The lowest BCUT2D eigenvalue weighted by Crippen LogP contribution is -2.35. The number of esters is 4. The first-order valence-corrected chi connectivity index (χ1v) is 45.3. The summed E-state index contributed by atoms with van der Waals surface area (Å²) in [5.41, 5.74) is 13.8. The van der Waals surface area contributed by atoms with Gasteiger partial charge in [-0.1, -0.05) is 88.9 Å². The van der Waals surface area contributed by atoms with Crippen LogP contribution in [0.2, 0.25) is 30.9 Å². The van der Waals surface area contributed by atoms with Crippen molar-refractivity contribution in [1.82, 2.24) is 84.3 Å². The molecule has 8 atom stereocenters. The monoisotopic (exact) mass is 2050 g/mol. The molecule has 0 saturated heterocycles. The summed E-state index contributed by atoms with van der Waals surface area (Å²) in [5, 5.41) is 28.2. The molecule has 5 saturated carbocycles. The van der Waals surface area contributed by atoms with Crippen molar-refractivity contribution in [2.45, 2.75) is 252 Å². The van der Waals surface area contributed by atoms with Gasteiger partial charge in [0.05, 0.1) is 121 Å². The number of H-pyrrole nitrogens is 1. The van der Waals surface area contributed by atoms with Gasteiger partial charge in [0.25, 0.3) is 23.2 Å². The number of hydrogen-bond acceptors (Lipinski definition) is 31. The quantitative estimate of drug-likeness (QED) is 0.0349. The van der Waals surface area contributed by atoms with E-state index >= 15 is 0 Å². The average Bonchev–Trinajstić information content (AvgIpc) is 1.69. The number of nitrogens with zero attached hydrogens (tertiary/aromatic N) is 16. The summed E-state index contributed by atoms with van der Waals surface area (Å²) in [6.45, 7) is 14.7. The number of anilines is 2. The van der Waals surface area contributed by atoms with E-state index in [1.54, 1.807) is 60.2 Å². The van der Waals surface area contributed by atoms with Crippen molar-refractivity contribution in [1.29, 1.82) is 0 Å². The number of aliphatic hydroxyl groups is 2. The minimum Gasteiger partial charge on any atom is -0.472 e. The van der Waals surface area contributed by atoms with Crippen LogP contribution in [-0.2, 0) is 70.2 Å². The fourth-order valence-electron chi connectivity index (χ4n) is 13.5. The number of halogens is 9. The molecule has 7 N–H and O–H groups in total. The van der Waals surface area contributed by atoms with Gasteiger partial charge in [-0.15, -0.1) is 0 Å². The van der Waals surface area contributed by atoms with E-state index < -0.39 is 0 Å². The third-order valence-corrected chi connectivity index (χ3v) is 22.3. The van der Waals surface area contributed by atoms with Crippen LogP contribution in [0.1, 0.15) is 195 Å². The molecule has 5 fully saturated rings. The zero-order valence-corrected chi connectivity index (χ0v) is 80.4. The van der Waals surface area contributed by atoms with Crippen molar-refractivity contribution in [2.75, 3.05) is 18.5 Å². The number of hydrogen-bond donors (Lipinski definition) is 5. The predicted molar refractivity (Wildman–Crippen MR) is 480 cm³/mol. The van der Waals surface area contributed by atoms with Gasteiger partial charge < -0.3 is 69.5 Å². The maximum Gasteiger partial charge on any atom is 0.410 e. The van der Waals surface area contributed by atoms with Gasteiger partial charge in [-0.25, -0.2) is 59.6 Å². The van der Waals surface area contributed by atoms with Crippen LogP contribution < -0.4 is 31.2 Å². The van der Waals surface area contributed by atoms with E-state index in [2.05, 4.69) is 118 Å². The maximum absolute atomic E-state index is 12.6. The lowest BCUT2D eigenvalue weighted by Gasteiger charge is -2.28. The largest absolute Gasteiger partial charge is 0.472 e. The molecular formula is C81H106Br3Cl6N19O16. The summed E-state index contributed by atoms with van der Waals surface area (Å²) in [7, 11) is 5.31. The number of nitrogen functional groups attached to an aromatic ring is 2. The molecule has 125 heavy (non-hydrogen) atoms. The average molecular weight is 2050 g/mol. The van der Waals surface area contributed by atoms with E-state index in [4.69, 9.17) is 119 Å². The highest BCUT2D eigenvalue weighted by atomic mass is 79.9. The Morgan fingerprint density at radius 1 is 0.480 bits per heavy atom. The Labute approximate surface area is 780 Å². The van der Waals surface area contributed by atoms with Crippen LogP contribution in [-0.4, -0.2) is 186 Å². The number of aryl methyl sites for hydroxylation is 2. The van der Waals surface area contributed by atoms with Crippen molar-refractivity contribution in [2.24, 2.45) is 37.8 Å². The van der Waals surface area contributed by atoms with Crippen LogP contribution in [0.15, 0.2) is 74.4 Å². The lowest BCUT2D eigenvalue weighted by atomic mass is 9.87. The summed E-state index contributed by atoms with van der Waals surface area (Å²) in [6.07, 6.45) is 29.1. The number of nitrogens with one attached hydrogen (secondary N) is 1. The molecule has 0 bridgehead atoms. The van der Waals surface area contributed by atoms with Crippen LogP contribution in [0.3, 0.4) is 0 Å². The molecular weight excluding hydrogens is 1950 g/mol. The van der Waals surface area contributed by atoms with E-state index in [1.807, 2.05) is 55.4 Å². The number of nitrogens with two attached hydrogens (primary N) is 2. The molecule has 684 valence electrons. The van der Waals surface area contributed by atoms with Crippen molar-refractivity contribution in [3.05, 3.63) is 122 Å². The minimum absolute atomic E-state index is 0.0495. The van der Waals surface area contributed by atoms with Crippen LogP contribution in [0.5, 0.6) is 17.6 Å². The second-order valence-corrected chi connectivity index (χ2v) is 35.3. The van der Waals surface area contributed by atoms with Gasteiger partial charge in [-0.3, -0.25) is 33.3 Å². The maximum atomic E-state index is 12.6. The Morgan fingerprint density at radius 3 is 1.24 bits per heavy atom. The van der Waals surface area contributed by atoms with Gasteiger partial charge in [-0.2, -0.15) is 10.2 Å². The Bertz CT molecular complexity index is 4850. The third-order valence-electron chi connectivity index (χ3n) is 19.6. The first kappa shape index (κ1) is 104. The van der Waals surface area contributed by atoms with Crippen LogP contribution in [0.25, 0.3) is 22.5 Å². The van der Waals surface area contributed by atoms with Gasteiger partial charge in [0.15, 0.2) is 42.6 Å². The minimum atomic E-state index is -0.375. The number of carbonyl (C=O) groups excluding carboxylic acids is 5. The molecule has 1 amide bonds. The predicted octanol–water partition coefficient (Wildman–Crippen LogP) is 16.5. The number of amides is 1. The molecule has 13 rings (SSSR count). The zero-order valence-electron chi connectivity index (χ0n) is 71.1. The van der Waals surface area contributed by atoms with Crippen LogP contribution in [0, 0.1) is 23.7 Å². The highest BCUT2D eigenvalue weighted by molar-refractivity contribution is 9.11. The SMILES string of the molecule is CC(C)OC(=O)[C@H]1CCC[C@@H](O)C1.CC(C)OC(=O)[C@H]1CCC[C@H](Oc2ncc(-c3cnn(C)c3CO)nc2Cl)C1.CC(C)OC(=O)[C@H]1CCC[C@H](Oc2ncc(-c3cnn(C)c3COC(=O)N(C)C3CCCC3)nc2Cl)C1.CC(C)OC(=O)[C@H]1CCC[C@H](Oc2ncc(Br)nc2Cl)C1.Nc1ncc(Br)nc1Cl.Nc1nccnc1Cl.O=c1[nH]cc(Br)nc1Cl. The number of ether oxygens (including phenoxy) is 8. The van der Waals surface area contributed by atoms with E-state index in [0.29, 0.717) is 79.3 Å². The third kappa shape index (κ3) is 34.8. The van der Waals surface area contributed by atoms with Crippen molar-refractivity contribution in [3.63, 3.8) is 0 Å². The standard InChI is InChI=1S/C26H36ClN5O5.C19H25ClN4O4.C14H18BrClN2O3.C10H18O3.C4H3BrClN3.C4H2BrClN2O.C4H4ClN3/c1-16(2)36-25(33)17-8-7-11-19(12-17)37-24-23(27)30-21(14-28-24)20-13-29-32(4)22(20)15-35-26(34)31(3)18-9-5-6-10-18;1-11(2)27-19(26)12-5-4-6-13(7-12)28-18-17(20)23-15(9-21-18)14-8-22-24(3)16(14)10-25;1-8(2)20-14(19)9-4-3-5-10(6-9)21-13-12(16)18-11(15)7-17-13;1-7(2)13-10(12)8-4-3-5-9(11)6-8;5-2-1-8-4(7)3(6)9-2;5-2-1-7-4(9)3(6)8-2;5-3-4(6)8-2-1-7-3/h13-14,16-19H,5-12,15H2,1-4H3;8-9,11-13,25H,4-7,10H2,1-3H3;7-10H,3-6H2,1-2H3;7-9,11H,3-6H2,1-2H3;1H,(H2,7,8);1H,(H,7,9);1-2H,(H2,6,8)/t17-,19-;12-,13-;9-,10-;8-,9+;;;/m0000.../s1. The molecule has 8 heterocycles. The fourth-order valence-corrected chi connectivity index (χ4v) is 15.6. The van der Waals surface area contributed by atoms with Gasteiger partial charge in [0.2, 0.25) is 0 Å². The molecule has 0 unspecified atom stereocenters. The molecule has 44 heteroatoms. The van der Waals surface area contributed by atoms with Crippen molar-refractivity contribution < 1.29 is 72.1 Å². The topological polar surface area (TPSA) is 465 Å². The number of aromatic nitrogens is 16. The molecule has 5 aliphatic carbocycles. The Kier molecular flexibility index (Phi) is 43.6. The normalized spacial score (nSPS) is 19.1. The van der Waals surface area contributed by atoms with Gasteiger partial charge >= 0.3 is 30.0 Å². The fraction of sp³-hybridized carbons (Fsp3) is 0.568. The summed E-state index contributed by atoms with van der Waals surface area (Å²) in [5.74, 6) is 0.0802. The summed E-state index contributed by atoms with van der Waals surface area (Å²) < 4.78 is 49.3. The molecule has 0 aromatic carbocycles. The summed E-state index contributed by atoms with van der Waals surface area (Å²) in [4.78, 5) is 119. The van der Waals surface area contributed by atoms with Crippen molar-refractivity contribution in [3.8, 4) is 40.2 Å². The van der Waals surface area contributed by atoms with E-state index in [-0.39, 0.29) is 182 Å². The molecule has 8 aromatic heterocycles. The second-order valence-electron chi connectivity index (χ2n) is 30.7. The van der Waals surface area contributed by atoms with Crippen molar-refractivity contribution >= 4 is 159 Å². The first-order valence-electron chi connectivity index (χ1n) is 40.7. The first-order chi connectivity index (χ1) is 59.4. The van der Waals surface area contributed by atoms with Crippen LogP contribution in [0.4, 0.5) is 16.4 Å². The second kappa shape index (κ2) is 52.4. The van der Waals surface area contributed by atoms with Gasteiger partial charge in [-0.05, 0) is 212 Å². The smallest absolute Gasteiger partial charge is 0.410 e. The lowest BCUT2D eigenvalue weighted by molar-refractivity contribution is -0.155. The van der Waals surface area contributed by atoms with Crippen LogP contribution >= 0.6 is 117 Å². The molecule has 8 aromatic rings. The van der Waals surface area contributed by atoms with E-state index in [0.717, 1.165) is 103 Å². The highest BCUT2D eigenvalue weighted by Gasteiger charge is 2.35. The van der Waals surface area contributed by atoms with E-state index in [1.165, 1.54) is 31.0 Å². The molecule has 35 nitrogen and oxygen atoms in total. The van der Waals surface area contributed by atoms with Gasteiger partial charge in [0, 0.05) is 56.9 Å². The Morgan fingerprint density at radius 2 is 0.864 bits per heavy atom. The Hall–Kier alpha value is -8.05. The number of carbonyl (C=O) groups is 5. The summed E-state index contributed by atoms with van der Waals surface area (Å²) in [6, 6.07) is 0.232. The molecule has 0 radical (unpaired) electrons. The summed E-state index contributed by atoms with van der Waals surface area (Å²) >= 11 is 44.3. The number of aromatic amines is 1. The highest BCUT2D eigenvalue weighted by Crippen LogP contribution is 2.37. The number of rotatable bonds is 20. The zero-order chi connectivity index (χ0) is 91.7. The number of aliphatic hydroxyl groups excluding tert-OH is 2. The molecule has 5 aliphatic rings. The van der Waals surface area contributed by atoms with Gasteiger partial charge in [0.1, 0.15) is 38.7 Å².